The van der Waals surface area contributed by atoms with Crippen LogP contribution in [0.25, 0.3) is 0 Å². The highest BCUT2D eigenvalue weighted by Gasteiger charge is 2.19. The molecule has 0 atom stereocenters. The number of amides is 2. The van der Waals surface area contributed by atoms with Gasteiger partial charge in [-0.15, -0.1) is 0 Å². The highest BCUT2D eigenvalue weighted by Crippen LogP contribution is 2.30. The Morgan fingerprint density at radius 3 is 1.62 bits per heavy atom. The second kappa shape index (κ2) is 10.1. The summed E-state index contributed by atoms with van der Waals surface area (Å²) in [6, 6.07) is 10.0. The maximum atomic E-state index is 12.4. The maximum absolute atomic E-state index is 12.4. The average molecular weight is 473 g/mol. The summed E-state index contributed by atoms with van der Waals surface area (Å²) < 4.78 is 10.6. The number of carbonyl (C=O) groups is 4. The van der Waals surface area contributed by atoms with Crippen LogP contribution in [-0.2, 0) is 9.59 Å². The van der Waals surface area contributed by atoms with Crippen LogP contribution in [0.2, 0.25) is 0 Å². The molecule has 10 heteroatoms. The quantitative estimate of drug-likeness (QED) is 0.423. The summed E-state index contributed by atoms with van der Waals surface area (Å²) in [4.78, 5) is 47.6. The van der Waals surface area contributed by atoms with Crippen molar-refractivity contribution in [3.8, 4) is 11.5 Å². The number of benzene rings is 2. The number of nitrogens with one attached hydrogen (secondary N) is 2. The van der Waals surface area contributed by atoms with E-state index in [9.17, 15) is 19.2 Å². The zero-order valence-corrected chi connectivity index (χ0v) is 18.6. The van der Waals surface area contributed by atoms with E-state index in [0.717, 1.165) is 11.5 Å². The first-order valence-corrected chi connectivity index (χ1v) is 12.2. The number of Topliss-reactive ketones (excluding diaryl/α,β-unsaturated/α-hetero) is 2. The van der Waals surface area contributed by atoms with Crippen LogP contribution < -0.4 is 20.1 Å². The normalized spacial score (nSPS) is 14.2. The molecule has 0 bridgehead atoms. The first kappa shape index (κ1) is 22.2. The molecule has 0 saturated carbocycles. The van der Waals surface area contributed by atoms with E-state index in [-0.39, 0.29) is 36.6 Å². The van der Waals surface area contributed by atoms with Crippen molar-refractivity contribution in [3.05, 3.63) is 47.5 Å². The number of carbonyl (C=O) groups excluding carboxylic acids is 4. The molecular formula is C22H20N2O6S2. The van der Waals surface area contributed by atoms with E-state index in [4.69, 9.17) is 9.47 Å². The Morgan fingerprint density at radius 1 is 0.750 bits per heavy atom. The predicted octanol–water partition coefficient (Wildman–Crippen LogP) is 2.88. The molecule has 2 aromatic carbocycles. The van der Waals surface area contributed by atoms with Crippen LogP contribution >= 0.6 is 23.5 Å². The maximum Gasteiger partial charge on any atom is 0.262 e. The molecule has 2 N–H and O–H groups in total. The van der Waals surface area contributed by atoms with Gasteiger partial charge in [0.2, 0.25) is 0 Å². The van der Waals surface area contributed by atoms with Crippen molar-refractivity contribution in [3.63, 3.8) is 0 Å². The molecule has 0 unspecified atom stereocenters. The predicted molar refractivity (Wildman–Crippen MR) is 124 cm³/mol. The molecule has 8 nitrogen and oxygen atoms in total. The number of fused-ring (bicyclic) bond motifs is 2. The van der Waals surface area contributed by atoms with Crippen LogP contribution in [0, 0.1) is 0 Å². The second-order valence-electron chi connectivity index (χ2n) is 7.05. The fourth-order valence-electron chi connectivity index (χ4n) is 3.13. The molecule has 2 aliphatic heterocycles. The zero-order chi connectivity index (χ0) is 22.5. The molecule has 166 valence electrons. The first-order valence-electron chi connectivity index (χ1n) is 9.85. The van der Waals surface area contributed by atoms with E-state index in [1.807, 2.05) is 0 Å². The lowest BCUT2D eigenvalue weighted by molar-refractivity contribution is -0.119. The van der Waals surface area contributed by atoms with Crippen molar-refractivity contribution in [2.45, 2.75) is 0 Å². The van der Waals surface area contributed by atoms with Crippen LogP contribution in [-0.4, -0.2) is 59.6 Å². The van der Waals surface area contributed by atoms with Gasteiger partial charge in [0.05, 0.1) is 22.9 Å². The first-order chi connectivity index (χ1) is 15.5. The molecular weight excluding hydrogens is 452 g/mol. The van der Waals surface area contributed by atoms with Crippen molar-refractivity contribution in [2.24, 2.45) is 0 Å². The van der Waals surface area contributed by atoms with Crippen LogP contribution in [0.1, 0.15) is 20.7 Å². The third-order valence-corrected chi connectivity index (χ3v) is 6.88. The lowest BCUT2D eigenvalue weighted by Gasteiger charge is -2.18. The molecule has 0 saturated heterocycles. The van der Waals surface area contributed by atoms with Crippen molar-refractivity contribution in [2.75, 3.05) is 46.9 Å². The van der Waals surface area contributed by atoms with Gasteiger partial charge in [-0.2, -0.15) is 23.5 Å². The highest BCUT2D eigenvalue weighted by atomic mass is 32.2. The van der Waals surface area contributed by atoms with Gasteiger partial charge in [0.25, 0.3) is 11.8 Å². The SMILES string of the molecule is O=C1COc2ccc(C(=O)CSCCSCC(=O)c3ccc4c(c3)NC(=O)CO4)cc2N1. The fraction of sp³-hybridized carbons (Fsp3) is 0.273. The Bertz CT molecular complexity index is 1000. The largest absolute Gasteiger partial charge is 0.482 e. The van der Waals surface area contributed by atoms with Crippen molar-refractivity contribution < 1.29 is 28.7 Å². The minimum Gasteiger partial charge on any atom is -0.482 e. The molecule has 0 fully saturated rings. The van der Waals surface area contributed by atoms with Gasteiger partial charge < -0.3 is 20.1 Å². The Balaban J connectivity index is 1.18. The lowest BCUT2D eigenvalue weighted by Crippen LogP contribution is -2.25. The monoisotopic (exact) mass is 472 g/mol. The molecule has 0 aliphatic carbocycles. The molecule has 2 aliphatic rings. The van der Waals surface area contributed by atoms with E-state index in [1.54, 1.807) is 36.4 Å². The van der Waals surface area contributed by atoms with Crippen molar-refractivity contribution >= 4 is 58.3 Å². The Hall–Kier alpha value is -2.98. The van der Waals surface area contributed by atoms with Crippen LogP contribution in [0.4, 0.5) is 11.4 Å². The molecule has 32 heavy (non-hydrogen) atoms. The summed E-state index contributed by atoms with van der Waals surface area (Å²) in [5.41, 5.74) is 2.07. The average Bonchev–Trinajstić information content (AvgIpc) is 2.79. The topological polar surface area (TPSA) is 111 Å². The summed E-state index contributed by atoms with van der Waals surface area (Å²) in [5.74, 6) is 2.65. The number of thioether (sulfide) groups is 2. The molecule has 2 amide bonds. The number of ketones is 2. The van der Waals surface area contributed by atoms with Gasteiger partial charge in [0.15, 0.2) is 24.8 Å². The molecule has 2 heterocycles. The summed E-state index contributed by atoms with van der Waals surface area (Å²) in [5, 5.41) is 5.39. The highest BCUT2D eigenvalue weighted by molar-refractivity contribution is 8.03. The Morgan fingerprint density at radius 2 is 1.19 bits per heavy atom. The van der Waals surface area contributed by atoms with Crippen LogP contribution in [0.5, 0.6) is 11.5 Å². The van der Waals surface area contributed by atoms with Crippen LogP contribution in [0.3, 0.4) is 0 Å². The van der Waals surface area contributed by atoms with Gasteiger partial charge in [-0.05, 0) is 36.4 Å². The van der Waals surface area contributed by atoms with E-state index < -0.39 is 0 Å². The van der Waals surface area contributed by atoms with Gasteiger partial charge in [0, 0.05) is 22.6 Å². The standard InChI is InChI=1S/C22H20N2O6S2/c25-17(13-1-3-19-15(7-13)23-21(27)9-29-19)11-31-5-6-32-12-18(26)14-2-4-20-16(8-14)24-22(28)10-30-20/h1-4,7-8H,5-6,9-12H2,(H,23,27)(H,24,28). The van der Waals surface area contributed by atoms with Gasteiger partial charge in [-0.3, -0.25) is 19.2 Å². The molecule has 0 spiro atoms. The Labute approximate surface area is 192 Å². The van der Waals surface area contributed by atoms with Crippen molar-refractivity contribution in [1.82, 2.24) is 0 Å². The lowest BCUT2D eigenvalue weighted by atomic mass is 10.1. The summed E-state index contributed by atoms with van der Waals surface area (Å²) in [6.45, 7) is -0.0401. The molecule has 2 aromatic rings. The zero-order valence-electron chi connectivity index (χ0n) is 17.0. The van der Waals surface area contributed by atoms with Gasteiger partial charge >= 0.3 is 0 Å². The number of ether oxygens (including phenoxy) is 2. The van der Waals surface area contributed by atoms with E-state index in [1.165, 1.54) is 23.5 Å². The minimum atomic E-state index is -0.239. The third kappa shape index (κ3) is 5.43. The second-order valence-corrected chi connectivity index (χ2v) is 9.26. The molecule has 0 radical (unpaired) electrons. The smallest absolute Gasteiger partial charge is 0.262 e. The third-order valence-electron chi connectivity index (χ3n) is 4.71. The van der Waals surface area contributed by atoms with Gasteiger partial charge in [0.1, 0.15) is 11.5 Å². The van der Waals surface area contributed by atoms with E-state index in [2.05, 4.69) is 10.6 Å². The number of hydrogen-bond donors (Lipinski definition) is 2. The number of hydrogen-bond acceptors (Lipinski definition) is 8. The summed E-state index contributed by atoms with van der Waals surface area (Å²) in [7, 11) is 0. The summed E-state index contributed by atoms with van der Waals surface area (Å²) >= 11 is 2.99. The summed E-state index contributed by atoms with van der Waals surface area (Å²) in [6.07, 6.45) is 0. The number of anilines is 2. The van der Waals surface area contributed by atoms with E-state index >= 15 is 0 Å². The molecule has 4 rings (SSSR count). The van der Waals surface area contributed by atoms with E-state index in [0.29, 0.717) is 45.5 Å². The minimum absolute atomic E-state index is 0.0201. The van der Waals surface area contributed by atoms with Crippen LogP contribution in [0.15, 0.2) is 36.4 Å². The molecule has 0 aromatic heterocycles. The Kier molecular flexibility index (Phi) is 7.01. The van der Waals surface area contributed by atoms with Gasteiger partial charge in [-0.25, -0.2) is 0 Å². The van der Waals surface area contributed by atoms with Gasteiger partial charge in [-0.1, -0.05) is 0 Å². The van der Waals surface area contributed by atoms with Crippen molar-refractivity contribution in [1.29, 1.82) is 0 Å². The fourth-order valence-corrected chi connectivity index (χ4v) is 5.06. The number of rotatable bonds is 9.